The molecule has 9 heteroatoms. The lowest BCUT2D eigenvalue weighted by atomic mass is 10.0. The maximum atomic E-state index is 13.6. The minimum absolute atomic E-state index is 0.281. The highest BCUT2D eigenvalue weighted by atomic mass is 16.5. The summed E-state index contributed by atoms with van der Waals surface area (Å²) in [6.45, 7) is 5.86. The number of ether oxygens (including phenoxy) is 1. The number of nitrogens with one attached hydrogen (secondary N) is 1. The number of aryl methyl sites for hydroxylation is 3. The minimum Gasteiger partial charge on any atom is -0.494 e. The Kier molecular flexibility index (Phi) is 6.03. The summed E-state index contributed by atoms with van der Waals surface area (Å²) in [6, 6.07) is 21.2. The highest BCUT2D eigenvalue weighted by molar-refractivity contribution is 6.08. The summed E-state index contributed by atoms with van der Waals surface area (Å²) < 4.78 is 8.77. The first-order valence-corrected chi connectivity index (χ1v) is 11.4. The van der Waals surface area contributed by atoms with Gasteiger partial charge in [0.1, 0.15) is 17.1 Å². The van der Waals surface area contributed by atoms with Crippen LogP contribution in [0.4, 0.5) is 5.69 Å². The van der Waals surface area contributed by atoms with E-state index in [2.05, 4.69) is 26.9 Å². The fourth-order valence-corrected chi connectivity index (χ4v) is 4.12. The molecule has 0 radical (unpaired) electrons. The van der Waals surface area contributed by atoms with Gasteiger partial charge in [0.25, 0.3) is 5.91 Å². The fraction of sp³-hybridized carbons (Fsp3) is 0.148. The Morgan fingerprint density at radius 1 is 0.972 bits per heavy atom. The van der Waals surface area contributed by atoms with Gasteiger partial charge in [0.15, 0.2) is 5.82 Å². The topological polar surface area (TPSA) is 99.8 Å². The number of para-hydroxylation sites is 1. The number of benzene rings is 3. The number of amides is 1. The van der Waals surface area contributed by atoms with E-state index >= 15 is 0 Å². The zero-order valence-corrected chi connectivity index (χ0v) is 20.4. The zero-order chi connectivity index (χ0) is 25.2. The number of tetrazole rings is 1. The molecule has 0 saturated carbocycles. The third-order valence-corrected chi connectivity index (χ3v) is 5.91. The number of nitrogens with zero attached hydrogens (tertiary/aromatic N) is 6. The molecule has 3 aromatic carbocycles. The molecule has 0 aliphatic rings. The van der Waals surface area contributed by atoms with E-state index in [1.54, 1.807) is 47.8 Å². The van der Waals surface area contributed by atoms with Crippen molar-refractivity contribution in [2.45, 2.75) is 20.8 Å². The maximum Gasteiger partial charge on any atom is 0.259 e. The molecule has 5 aromatic rings. The van der Waals surface area contributed by atoms with E-state index < -0.39 is 0 Å². The van der Waals surface area contributed by atoms with Crippen molar-refractivity contribution in [3.63, 3.8) is 0 Å². The first-order valence-electron chi connectivity index (χ1n) is 11.4. The average molecular weight is 480 g/mol. The molecule has 180 valence electrons. The van der Waals surface area contributed by atoms with Gasteiger partial charge in [0, 0.05) is 17.4 Å². The van der Waals surface area contributed by atoms with Crippen molar-refractivity contribution in [3.05, 3.63) is 95.4 Å². The Balaban J connectivity index is 1.56. The molecule has 0 bridgehead atoms. The second-order valence-corrected chi connectivity index (χ2v) is 8.47. The highest BCUT2D eigenvalue weighted by Gasteiger charge is 2.21. The molecule has 5 rings (SSSR count). The van der Waals surface area contributed by atoms with Crippen molar-refractivity contribution in [1.29, 1.82) is 0 Å². The van der Waals surface area contributed by atoms with Gasteiger partial charge in [-0.15, -0.1) is 5.10 Å². The number of anilines is 1. The monoisotopic (exact) mass is 479 g/mol. The third kappa shape index (κ3) is 4.34. The minimum atomic E-state index is -0.281. The van der Waals surface area contributed by atoms with Crippen LogP contribution in [0.15, 0.2) is 72.9 Å². The van der Waals surface area contributed by atoms with Crippen molar-refractivity contribution in [1.82, 2.24) is 30.0 Å². The van der Waals surface area contributed by atoms with Gasteiger partial charge in [-0.3, -0.25) is 4.79 Å². The van der Waals surface area contributed by atoms with Crippen LogP contribution in [0.2, 0.25) is 0 Å². The first-order chi connectivity index (χ1) is 17.4. The Bertz CT molecular complexity index is 1550. The normalized spacial score (nSPS) is 10.9. The predicted octanol–water partition coefficient (Wildman–Crippen LogP) is 4.70. The van der Waals surface area contributed by atoms with Crippen molar-refractivity contribution in [3.8, 4) is 28.4 Å². The number of hydrogen-bond donors (Lipinski definition) is 1. The lowest BCUT2D eigenvalue weighted by molar-refractivity contribution is 0.102. The van der Waals surface area contributed by atoms with Crippen LogP contribution >= 0.6 is 0 Å². The smallest absolute Gasteiger partial charge is 0.259 e. The number of carbonyl (C=O) groups excluding carboxylic acids is 1. The molecule has 0 unspecified atom stereocenters. The number of rotatable bonds is 6. The lowest BCUT2D eigenvalue weighted by Gasteiger charge is -2.12. The number of hydrogen-bond acceptors (Lipinski definition) is 6. The summed E-state index contributed by atoms with van der Waals surface area (Å²) in [4.78, 5) is 13.6. The van der Waals surface area contributed by atoms with Crippen LogP contribution in [0.5, 0.6) is 5.75 Å². The molecule has 36 heavy (non-hydrogen) atoms. The summed E-state index contributed by atoms with van der Waals surface area (Å²) in [7, 11) is 1.57. The second-order valence-electron chi connectivity index (χ2n) is 8.47. The first kappa shape index (κ1) is 23.0. The Morgan fingerprint density at radius 2 is 1.78 bits per heavy atom. The van der Waals surface area contributed by atoms with Gasteiger partial charge in [0.05, 0.1) is 18.4 Å². The van der Waals surface area contributed by atoms with Gasteiger partial charge < -0.3 is 10.1 Å². The summed E-state index contributed by atoms with van der Waals surface area (Å²) >= 11 is 0. The average Bonchev–Trinajstić information content (AvgIpc) is 3.51. The molecule has 2 aromatic heterocycles. The Labute approximate surface area is 208 Å². The SMILES string of the molecule is COc1ccc(NC(=O)c2cn(-c3ccccc3)nc2-c2ccc(C)cc2C)cc1-n1nnnc1C. The van der Waals surface area contributed by atoms with Crippen molar-refractivity contribution < 1.29 is 9.53 Å². The van der Waals surface area contributed by atoms with E-state index in [9.17, 15) is 4.79 Å². The second kappa shape index (κ2) is 9.46. The fourth-order valence-electron chi connectivity index (χ4n) is 4.12. The molecule has 1 amide bonds. The molecule has 0 saturated heterocycles. The quantitative estimate of drug-likeness (QED) is 0.379. The van der Waals surface area contributed by atoms with Crippen LogP contribution in [-0.4, -0.2) is 43.0 Å². The summed E-state index contributed by atoms with van der Waals surface area (Å²) in [5.74, 6) is 0.894. The standard InChI is InChI=1S/C27H25N7O2/c1-17-10-12-22(18(2)14-17)26-23(16-33(30-26)21-8-6-5-7-9-21)27(35)28-20-11-13-25(36-4)24(15-20)34-19(3)29-31-32-34/h5-16H,1-4H3,(H,28,35). The van der Waals surface area contributed by atoms with E-state index in [0.717, 1.165) is 22.4 Å². The molecule has 1 N–H and O–H groups in total. The molecular formula is C27H25N7O2. The van der Waals surface area contributed by atoms with Crippen LogP contribution in [-0.2, 0) is 0 Å². The van der Waals surface area contributed by atoms with Crippen LogP contribution in [0.1, 0.15) is 27.3 Å². The van der Waals surface area contributed by atoms with Crippen LogP contribution in [0.25, 0.3) is 22.6 Å². The lowest BCUT2D eigenvalue weighted by Crippen LogP contribution is -2.13. The number of aromatic nitrogens is 6. The van der Waals surface area contributed by atoms with Gasteiger partial charge in [-0.1, -0.05) is 42.0 Å². The highest BCUT2D eigenvalue weighted by Crippen LogP contribution is 2.30. The van der Waals surface area contributed by atoms with E-state index in [-0.39, 0.29) is 5.91 Å². The van der Waals surface area contributed by atoms with Crippen molar-refractivity contribution >= 4 is 11.6 Å². The van der Waals surface area contributed by atoms with Gasteiger partial charge in [-0.05, 0) is 67.1 Å². The summed E-state index contributed by atoms with van der Waals surface area (Å²) in [6.07, 6.45) is 1.76. The van der Waals surface area contributed by atoms with Crippen LogP contribution in [0, 0.1) is 20.8 Å². The molecule has 0 aliphatic heterocycles. The van der Waals surface area contributed by atoms with Gasteiger partial charge >= 0.3 is 0 Å². The predicted molar refractivity (Wildman–Crippen MR) is 137 cm³/mol. The van der Waals surface area contributed by atoms with E-state index in [4.69, 9.17) is 9.84 Å². The van der Waals surface area contributed by atoms with E-state index in [1.807, 2.05) is 56.3 Å². The molecule has 2 heterocycles. The largest absolute Gasteiger partial charge is 0.494 e. The Hall–Kier alpha value is -4.79. The van der Waals surface area contributed by atoms with Crippen molar-refractivity contribution in [2.75, 3.05) is 12.4 Å². The van der Waals surface area contributed by atoms with E-state index in [1.165, 1.54) is 0 Å². The van der Waals surface area contributed by atoms with Crippen LogP contribution in [0.3, 0.4) is 0 Å². The Morgan fingerprint density at radius 3 is 2.47 bits per heavy atom. The van der Waals surface area contributed by atoms with Crippen molar-refractivity contribution in [2.24, 2.45) is 0 Å². The molecule has 0 aliphatic carbocycles. The zero-order valence-electron chi connectivity index (χ0n) is 20.4. The summed E-state index contributed by atoms with van der Waals surface area (Å²) in [5, 5.41) is 19.5. The number of methoxy groups -OCH3 is 1. The van der Waals surface area contributed by atoms with Gasteiger partial charge in [-0.25, -0.2) is 4.68 Å². The van der Waals surface area contributed by atoms with Gasteiger partial charge in [-0.2, -0.15) is 9.78 Å². The van der Waals surface area contributed by atoms with E-state index in [0.29, 0.717) is 34.2 Å². The molecule has 9 nitrogen and oxygen atoms in total. The molecular weight excluding hydrogens is 454 g/mol. The summed E-state index contributed by atoms with van der Waals surface area (Å²) in [5.41, 5.74) is 6.22. The van der Waals surface area contributed by atoms with Gasteiger partial charge in [0.2, 0.25) is 0 Å². The number of carbonyl (C=O) groups is 1. The molecule has 0 spiro atoms. The maximum absolute atomic E-state index is 13.6. The third-order valence-electron chi connectivity index (χ3n) is 5.91. The van der Waals surface area contributed by atoms with Crippen LogP contribution < -0.4 is 10.1 Å². The molecule has 0 fully saturated rings. The molecule has 0 atom stereocenters.